The van der Waals surface area contributed by atoms with E-state index in [4.69, 9.17) is 13.9 Å². The Morgan fingerprint density at radius 1 is 0.912 bits per heavy atom. The van der Waals surface area contributed by atoms with E-state index in [-0.39, 0.29) is 6.61 Å². The Morgan fingerprint density at radius 2 is 1.62 bits per heavy atom. The highest BCUT2D eigenvalue weighted by atomic mass is 16.5. The summed E-state index contributed by atoms with van der Waals surface area (Å²) in [5.74, 6) is 0.516. The first-order chi connectivity index (χ1) is 16.5. The summed E-state index contributed by atoms with van der Waals surface area (Å²) >= 11 is 0. The number of esters is 1. The Balaban J connectivity index is 1.30. The van der Waals surface area contributed by atoms with E-state index in [0.29, 0.717) is 29.5 Å². The number of nitrogens with one attached hydrogen (secondary N) is 1. The number of benzene rings is 3. The Morgan fingerprint density at radius 3 is 2.32 bits per heavy atom. The number of hydrogen-bond donors (Lipinski definition) is 1. The second-order valence-corrected chi connectivity index (χ2v) is 7.51. The summed E-state index contributed by atoms with van der Waals surface area (Å²) < 4.78 is 16.0. The fourth-order valence-corrected chi connectivity index (χ4v) is 3.22. The van der Waals surface area contributed by atoms with Gasteiger partial charge < -0.3 is 19.2 Å². The zero-order valence-electron chi connectivity index (χ0n) is 18.8. The third kappa shape index (κ3) is 5.47. The molecule has 0 aliphatic carbocycles. The third-order valence-corrected chi connectivity index (χ3v) is 5.15. The normalized spacial score (nSPS) is 10.5. The number of ether oxygens (including phenoxy) is 2. The lowest BCUT2D eigenvalue weighted by Gasteiger charge is -2.07. The SMILES string of the molecule is COc1ccc(CNC(=O)COC(=O)c2ccc(-c3nnc(-c4ccccc4C)o3)cc2)cc1. The third-order valence-electron chi connectivity index (χ3n) is 5.15. The number of hydrogen-bond acceptors (Lipinski definition) is 7. The van der Waals surface area contributed by atoms with Crippen LogP contribution in [-0.2, 0) is 16.1 Å². The maximum absolute atomic E-state index is 12.3. The largest absolute Gasteiger partial charge is 0.497 e. The molecule has 0 spiro atoms. The van der Waals surface area contributed by atoms with Crippen molar-refractivity contribution in [3.8, 4) is 28.7 Å². The van der Waals surface area contributed by atoms with Crippen molar-refractivity contribution >= 4 is 11.9 Å². The molecule has 0 saturated carbocycles. The van der Waals surface area contributed by atoms with Gasteiger partial charge in [-0.15, -0.1) is 10.2 Å². The van der Waals surface area contributed by atoms with Gasteiger partial charge in [0.15, 0.2) is 6.61 Å². The van der Waals surface area contributed by atoms with Gasteiger partial charge in [-0.3, -0.25) is 4.79 Å². The van der Waals surface area contributed by atoms with Gasteiger partial charge in [0.2, 0.25) is 11.8 Å². The Bertz CT molecular complexity index is 1280. The molecule has 8 heteroatoms. The van der Waals surface area contributed by atoms with Crippen LogP contribution in [0.25, 0.3) is 22.9 Å². The first kappa shape index (κ1) is 22.7. The maximum Gasteiger partial charge on any atom is 0.338 e. The van der Waals surface area contributed by atoms with E-state index >= 15 is 0 Å². The lowest BCUT2D eigenvalue weighted by molar-refractivity contribution is -0.124. The van der Waals surface area contributed by atoms with Gasteiger partial charge in [-0.25, -0.2) is 4.79 Å². The molecule has 0 radical (unpaired) electrons. The first-order valence-electron chi connectivity index (χ1n) is 10.6. The van der Waals surface area contributed by atoms with E-state index in [2.05, 4.69) is 15.5 Å². The number of nitrogens with zero attached hydrogens (tertiary/aromatic N) is 2. The van der Waals surface area contributed by atoms with Crippen LogP contribution < -0.4 is 10.1 Å². The molecule has 0 saturated heterocycles. The van der Waals surface area contributed by atoms with Crippen molar-refractivity contribution in [2.45, 2.75) is 13.5 Å². The van der Waals surface area contributed by atoms with Crippen LogP contribution in [0.1, 0.15) is 21.5 Å². The Kier molecular flexibility index (Phi) is 6.98. The molecule has 8 nitrogen and oxygen atoms in total. The summed E-state index contributed by atoms with van der Waals surface area (Å²) in [6.07, 6.45) is 0. The van der Waals surface area contributed by atoms with Gasteiger partial charge in [0.05, 0.1) is 12.7 Å². The Labute approximate surface area is 196 Å². The average molecular weight is 457 g/mol. The van der Waals surface area contributed by atoms with E-state index in [0.717, 1.165) is 22.4 Å². The van der Waals surface area contributed by atoms with Crippen molar-refractivity contribution in [2.75, 3.05) is 13.7 Å². The van der Waals surface area contributed by atoms with E-state index < -0.39 is 11.9 Å². The van der Waals surface area contributed by atoms with E-state index in [1.807, 2.05) is 55.5 Å². The number of amides is 1. The highest BCUT2D eigenvalue weighted by Crippen LogP contribution is 2.26. The monoisotopic (exact) mass is 457 g/mol. The molecule has 0 unspecified atom stereocenters. The van der Waals surface area contributed by atoms with E-state index in [1.54, 1.807) is 31.4 Å². The summed E-state index contributed by atoms with van der Waals surface area (Å²) in [4.78, 5) is 24.3. The van der Waals surface area contributed by atoms with Crippen LogP contribution >= 0.6 is 0 Å². The van der Waals surface area contributed by atoms with Gasteiger partial charge in [-0.05, 0) is 60.5 Å². The van der Waals surface area contributed by atoms with E-state index in [9.17, 15) is 9.59 Å². The standard InChI is InChI=1S/C26H23N3O5/c1-17-5-3-4-6-22(17)25-29-28-24(34-25)19-9-11-20(12-10-19)26(31)33-16-23(30)27-15-18-7-13-21(32-2)14-8-18/h3-14H,15-16H2,1-2H3,(H,27,30). The van der Waals surface area contributed by atoms with Crippen LogP contribution in [0.4, 0.5) is 0 Å². The van der Waals surface area contributed by atoms with Gasteiger partial charge in [-0.1, -0.05) is 30.3 Å². The molecule has 1 heterocycles. The summed E-state index contributed by atoms with van der Waals surface area (Å²) in [5, 5.41) is 10.9. The predicted molar refractivity (Wildman–Crippen MR) is 125 cm³/mol. The number of rotatable bonds is 8. The fraction of sp³-hybridized carbons (Fsp3) is 0.154. The number of methoxy groups -OCH3 is 1. The molecule has 0 atom stereocenters. The minimum Gasteiger partial charge on any atom is -0.497 e. The summed E-state index contributed by atoms with van der Waals surface area (Å²) in [5.41, 5.74) is 3.78. The van der Waals surface area contributed by atoms with Gasteiger partial charge in [-0.2, -0.15) is 0 Å². The van der Waals surface area contributed by atoms with Crippen molar-refractivity contribution in [3.63, 3.8) is 0 Å². The summed E-state index contributed by atoms with van der Waals surface area (Å²) in [7, 11) is 1.59. The molecule has 0 aliphatic rings. The van der Waals surface area contributed by atoms with Gasteiger partial charge in [0.1, 0.15) is 5.75 Å². The van der Waals surface area contributed by atoms with Crippen molar-refractivity contribution < 1.29 is 23.5 Å². The van der Waals surface area contributed by atoms with Crippen LogP contribution in [0.3, 0.4) is 0 Å². The minimum atomic E-state index is -0.600. The highest BCUT2D eigenvalue weighted by molar-refractivity contribution is 5.91. The van der Waals surface area contributed by atoms with Crippen molar-refractivity contribution in [1.29, 1.82) is 0 Å². The zero-order valence-corrected chi connectivity index (χ0v) is 18.8. The van der Waals surface area contributed by atoms with Crippen LogP contribution in [0.2, 0.25) is 0 Å². The average Bonchev–Trinajstić information content (AvgIpc) is 3.37. The maximum atomic E-state index is 12.3. The van der Waals surface area contributed by atoms with Crippen molar-refractivity contribution in [3.05, 3.63) is 89.5 Å². The zero-order chi connectivity index (χ0) is 23.9. The molecule has 4 aromatic rings. The minimum absolute atomic E-state index is 0.311. The molecule has 4 rings (SSSR count). The molecule has 172 valence electrons. The fourth-order valence-electron chi connectivity index (χ4n) is 3.22. The lowest BCUT2D eigenvalue weighted by Crippen LogP contribution is -2.28. The Hall–Kier alpha value is -4.46. The van der Waals surface area contributed by atoms with Gasteiger partial charge in [0.25, 0.3) is 5.91 Å². The number of carbonyl (C=O) groups is 2. The molecule has 34 heavy (non-hydrogen) atoms. The number of aromatic nitrogens is 2. The molecule has 3 aromatic carbocycles. The van der Waals surface area contributed by atoms with Crippen molar-refractivity contribution in [1.82, 2.24) is 15.5 Å². The van der Waals surface area contributed by atoms with Crippen LogP contribution in [-0.4, -0.2) is 35.8 Å². The highest BCUT2D eigenvalue weighted by Gasteiger charge is 2.14. The second kappa shape index (κ2) is 10.4. The first-order valence-corrected chi connectivity index (χ1v) is 10.6. The predicted octanol–water partition coefficient (Wildman–Crippen LogP) is 4.19. The molecule has 0 fully saturated rings. The van der Waals surface area contributed by atoms with Crippen LogP contribution in [0.5, 0.6) is 5.75 Å². The van der Waals surface area contributed by atoms with Gasteiger partial charge >= 0.3 is 5.97 Å². The molecule has 1 N–H and O–H groups in total. The second-order valence-electron chi connectivity index (χ2n) is 7.51. The molecule has 1 aromatic heterocycles. The summed E-state index contributed by atoms with van der Waals surface area (Å²) in [6.45, 7) is 1.92. The molecule has 0 aliphatic heterocycles. The quantitative estimate of drug-likeness (QED) is 0.396. The smallest absolute Gasteiger partial charge is 0.338 e. The molecule has 1 amide bonds. The topological polar surface area (TPSA) is 104 Å². The molecular weight excluding hydrogens is 434 g/mol. The summed E-state index contributed by atoms with van der Waals surface area (Å²) in [6, 6.07) is 21.6. The van der Waals surface area contributed by atoms with E-state index in [1.165, 1.54) is 0 Å². The lowest BCUT2D eigenvalue weighted by atomic mass is 10.1. The van der Waals surface area contributed by atoms with Crippen LogP contribution in [0.15, 0.2) is 77.2 Å². The molecular formula is C26H23N3O5. The van der Waals surface area contributed by atoms with Crippen molar-refractivity contribution in [2.24, 2.45) is 0 Å². The number of carbonyl (C=O) groups excluding carboxylic acids is 2. The number of aryl methyl sites for hydroxylation is 1. The molecule has 0 bridgehead atoms. The van der Waals surface area contributed by atoms with Gasteiger partial charge in [0, 0.05) is 17.7 Å². The van der Waals surface area contributed by atoms with Crippen LogP contribution in [0, 0.1) is 6.92 Å².